The average molecular weight is 314 g/mol. The van der Waals surface area contributed by atoms with Crippen LogP contribution in [0.15, 0.2) is 24.3 Å². The molecule has 0 bridgehead atoms. The Hall–Kier alpha value is -1.17. The molecule has 2 saturated heterocycles. The van der Waals surface area contributed by atoms with E-state index in [1.165, 1.54) is 12.1 Å². The van der Waals surface area contributed by atoms with Crippen molar-refractivity contribution < 1.29 is 9.18 Å². The van der Waals surface area contributed by atoms with Gasteiger partial charge in [0.25, 0.3) is 0 Å². The molecule has 1 amide bonds. The molecule has 2 N–H and O–H groups in total. The summed E-state index contributed by atoms with van der Waals surface area (Å²) >= 11 is 0. The number of carbonyl (C=O) groups is 1. The van der Waals surface area contributed by atoms with Crippen LogP contribution in [-0.2, 0) is 11.3 Å². The van der Waals surface area contributed by atoms with Gasteiger partial charge in [-0.05, 0) is 42.6 Å². The summed E-state index contributed by atoms with van der Waals surface area (Å²) in [6.07, 6.45) is 0. The first kappa shape index (κ1) is 16.2. The lowest BCUT2D eigenvalue weighted by atomic mass is 10.0. The minimum Gasteiger partial charge on any atom is -0.351 e. The van der Waals surface area contributed by atoms with E-state index in [1.807, 2.05) is 0 Å². The van der Waals surface area contributed by atoms with Gasteiger partial charge in [0.15, 0.2) is 0 Å². The van der Waals surface area contributed by atoms with E-state index in [9.17, 15) is 9.18 Å². The van der Waals surface area contributed by atoms with Crippen molar-refractivity contribution in [1.82, 2.24) is 15.5 Å². The van der Waals surface area contributed by atoms with E-state index >= 15 is 0 Å². The zero-order chi connectivity index (χ0) is 13.9. The van der Waals surface area contributed by atoms with Crippen molar-refractivity contribution in [1.29, 1.82) is 0 Å². The third kappa shape index (κ3) is 4.15. The van der Waals surface area contributed by atoms with Gasteiger partial charge < -0.3 is 10.6 Å². The Balaban J connectivity index is 0.00000161. The highest BCUT2D eigenvalue weighted by Gasteiger charge is 2.36. The molecule has 2 atom stereocenters. The van der Waals surface area contributed by atoms with Crippen LogP contribution in [0.5, 0.6) is 0 Å². The summed E-state index contributed by atoms with van der Waals surface area (Å²) in [5, 5.41) is 6.28. The Labute approximate surface area is 130 Å². The number of likely N-dealkylation sites (tertiary alicyclic amines) is 1. The van der Waals surface area contributed by atoms with Gasteiger partial charge in [-0.15, -0.1) is 12.4 Å². The third-order valence-electron chi connectivity index (χ3n) is 4.24. The maximum Gasteiger partial charge on any atom is 0.234 e. The number of nitrogens with one attached hydrogen (secondary N) is 2. The Morgan fingerprint density at radius 1 is 1.24 bits per heavy atom. The van der Waals surface area contributed by atoms with Crippen LogP contribution in [0.4, 0.5) is 4.39 Å². The van der Waals surface area contributed by atoms with Crippen molar-refractivity contribution in [2.45, 2.75) is 6.54 Å². The second kappa shape index (κ2) is 7.20. The predicted octanol–water partition coefficient (Wildman–Crippen LogP) is 1.01. The summed E-state index contributed by atoms with van der Waals surface area (Å²) in [5.41, 5.74) is 0.919. The zero-order valence-corrected chi connectivity index (χ0v) is 12.7. The van der Waals surface area contributed by atoms with Crippen molar-refractivity contribution in [3.63, 3.8) is 0 Å². The molecule has 2 heterocycles. The van der Waals surface area contributed by atoms with E-state index in [0.717, 1.165) is 31.7 Å². The number of hydrogen-bond donors (Lipinski definition) is 2. The van der Waals surface area contributed by atoms with Gasteiger partial charge in [-0.25, -0.2) is 4.39 Å². The Kier molecular flexibility index (Phi) is 5.56. The molecule has 1 aromatic carbocycles. The summed E-state index contributed by atoms with van der Waals surface area (Å²) in [6.45, 7) is 5.12. The van der Waals surface area contributed by atoms with Crippen LogP contribution < -0.4 is 10.6 Å². The number of rotatable bonds is 4. The number of fused-ring (bicyclic) bond motifs is 1. The molecule has 1 aromatic rings. The molecule has 0 aliphatic carbocycles. The second-order valence-electron chi connectivity index (χ2n) is 5.78. The zero-order valence-electron chi connectivity index (χ0n) is 11.8. The highest BCUT2D eigenvalue weighted by Crippen LogP contribution is 2.25. The van der Waals surface area contributed by atoms with Crippen molar-refractivity contribution in [3.8, 4) is 0 Å². The monoisotopic (exact) mass is 313 g/mol. The number of nitrogens with zero attached hydrogens (tertiary/aromatic N) is 1. The van der Waals surface area contributed by atoms with Crippen molar-refractivity contribution in [2.75, 3.05) is 32.7 Å². The fourth-order valence-corrected chi connectivity index (χ4v) is 3.14. The summed E-state index contributed by atoms with van der Waals surface area (Å²) in [5.74, 6) is 1.21. The van der Waals surface area contributed by atoms with Gasteiger partial charge in [-0.1, -0.05) is 12.1 Å². The van der Waals surface area contributed by atoms with Crippen LogP contribution >= 0.6 is 12.4 Å². The number of benzene rings is 1. The predicted molar refractivity (Wildman–Crippen MR) is 81.8 cm³/mol. The lowest BCUT2D eigenvalue weighted by molar-refractivity contribution is -0.122. The van der Waals surface area contributed by atoms with Gasteiger partial charge in [-0.2, -0.15) is 0 Å². The van der Waals surface area contributed by atoms with Gasteiger partial charge in [-0.3, -0.25) is 9.69 Å². The number of halogens is 2. The molecule has 6 heteroatoms. The van der Waals surface area contributed by atoms with Crippen molar-refractivity contribution in [2.24, 2.45) is 11.8 Å². The SMILES string of the molecule is Cl.O=C(CN1C[C@H]2CNC[C@H]2C1)NCc1ccc(F)cc1. The number of amides is 1. The van der Waals surface area contributed by atoms with Gasteiger partial charge in [0.05, 0.1) is 6.54 Å². The lowest BCUT2D eigenvalue weighted by Gasteiger charge is -2.16. The quantitative estimate of drug-likeness (QED) is 0.872. The maximum atomic E-state index is 12.8. The summed E-state index contributed by atoms with van der Waals surface area (Å²) in [6, 6.07) is 6.22. The molecule has 0 aromatic heterocycles. The highest BCUT2D eigenvalue weighted by atomic mass is 35.5. The average Bonchev–Trinajstić information content (AvgIpc) is 2.99. The summed E-state index contributed by atoms with van der Waals surface area (Å²) in [4.78, 5) is 14.1. The van der Waals surface area contributed by atoms with Gasteiger partial charge in [0.2, 0.25) is 5.91 Å². The van der Waals surface area contributed by atoms with Gasteiger partial charge >= 0.3 is 0 Å². The van der Waals surface area contributed by atoms with E-state index in [-0.39, 0.29) is 24.1 Å². The fraction of sp³-hybridized carbons (Fsp3) is 0.533. The molecule has 3 rings (SSSR count). The van der Waals surface area contributed by atoms with Crippen LogP contribution in [-0.4, -0.2) is 43.5 Å². The van der Waals surface area contributed by atoms with E-state index in [4.69, 9.17) is 0 Å². The van der Waals surface area contributed by atoms with Crippen LogP contribution in [0, 0.1) is 17.7 Å². The van der Waals surface area contributed by atoms with Gasteiger partial charge in [0.1, 0.15) is 5.82 Å². The molecular formula is C15H21ClFN3O. The van der Waals surface area contributed by atoms with E-state index < -0.39 is 0 Å². The van der Waals surface area contributed by atoms with E-state index in [1.54, 1.807) is 12.1 Å². The minimum atomic E-state index is -0.253. The highest BCUT2D eigenvalue weighted by molar-refractivity contribution is 5.85. The molecule has 4 nitrogen and oxygen atoms in total. The van der Waals surface area contributed by atoms with Crippen LogP contribution in [0.1, 0.15) is 5.56 Å². The van der Waals surface area contributed by atoms with Crippen molar-refractivity contribution >= 4 is 18.3 Å². The fourth-order valence-electron chi connectivity index (χ4n) is 3.14. The standard InChI is InChI=1S/C15H20FN3O.ClH/c16-14-3-1-11(2-4-14)5-18-15(20)10-19-8-12-6-17-7-13(12)9-19;/h1-4,12-13,17H,5-10H2,(H,18,20);1H/t12-,13+;. The number of hydrogen-bond acceptors (Lipinski definition) is 3. The normalized spacial score (nSPS) is 24.4. The minimum absolute atomic E-state index is 0. The first-order valence-electron chi connectivity index (χ1n) is 7.15. The van der Waals surface area contributed by atoms with Crippen LogP contribution in [0.25, 0.3) is 0 Å². The molecule has 2 aliphatic rings. The summed E-state index contributed by atoms with van der Waals surface area (Å²) in [7, 11) is 0. The van der Waals surface area contributed by atoms with E-state index in [0.29, 0.717) is 24.9 Å². The van der Waals surface area contributed by atoms with Crippen LogP contribution in [0.3, 0.4) is 0 Å². The summed E-state index contributed by atoms with van der Waals surface area (Å²) < 4.78 is 12.8. The topological polar surface area (TPSA) is 44.4 Å². The Morgan fingerprint density at radius 2 is 1.86 bits per heavy atom. The first-order chi connectivity index (χ1) is 9.70. The van der Waals surface area contributed by atoms with Gasteiger partial charge in [0, 0.05) is 19.6 Å². The number of carbonyl (C=O) groups excluding carboxylic acids is 1. The molecule has 2 fully saturated rings. The largest absolute Gasteiger partial charge is 0.351 e. The molecule has 0 unspecified atom stereocenters. The van der Waals surface area contributed by atoms with Crippen LogP contribution in [0.2, 0.25) is 0 Å². The molecule has 116 valence electrons. The molecule has 0 radical (unpaired) electrons. The molecule has 0 spiro atoms. The first-order valence-corrected chi connectivity index (χ1v) is 7.15. The molecule has 21 heavy (non-hydrogen) atoms. The third-order valence-corrected chi connectivity index (χ3v) is 4.24. The second-order valence-corrected chi connectivity index (χ2v) is 5.78. The Bertz CT molecular complexity index is 470. The maximum absolute atomic E-state index is 12.8. The molecule has 0 saturated carbocycles. The molecular weight excluding hydrogens is 293 g/mol. The smallest absolute Gasteiger partial charge is 0.234 e. The Morgan fingerprint density at radius 3 is 2.48 bits per heavy atom. The molecule has 2 aliphatic heterocycles. The lowest BCUT2D eigenvalue weighted by Crippen LogP contribution is -2.37. The van der Waals surface area contributed by atoms with E-state index in [2.05, 4.69) is 15.5 Å². The van der Waals surface area contributed by atoms with Crippen molar-refractivity contribution in [3.05, 3.63) is 35.6 Å².